The van der Waals surface area contributed by atoms with Crippen LogP contribution >= 0.6 is 11.3 Å². The van der Waals surface area contributed by atoms with Gasteiger partial charge in [-0.1, -0.05) is 12.5 Å². The first kappa shape index (κ1) is 12.6. The van der Waals surface area contributed by atoms with E-state index < -0.39 is 0 Å². The van der Waals surface area contributed by atoms with Crippen LogP contribution in [-0.2, 0) is 6.42 Å². The van der Waals surface area contributed by atoms with Gasteiger partial charge in [0.2, 0.25) is 0 Å². The van der Waals surface area contributed by atoms with Crippen LogP contribution in [-0.4, -0.2) is 37.6 Å². The molecular formula is C15H24N2S. The van der Waals surface area contributed by atoms with E-state index in [1.165, 1.54) is 50.2 Å². The highest BCUT2D eigenvalue weighted by molar-refractivity contribution is 7.09. The fourth-order valence-corrected chi connectivity index (χ4v) is 4.38. The molecule has 1 saturated heterocycles. The summed E-state index contributed by atoms with van der Waals surface area (Å²) in [5.41, 5.74) is 0. The molecule has 0 amide bonds. The van der Waals surface area contributed by atoms with Gasteiger partial charge in [-0.25, -0.2) is 0 Å². The Bertz CT molecular complexity index is 363. The normalized spacial score (nSPS) is 31.1. The van der Waals surface area contributed by atoms with Gasteiger partial charge in [0.15, 0.2) is 0 Å². The van der Waals surface area contributed by atoms with Gasteiger partial charge in [-0.3, -0.25) is 0 Å². The molecule has 0 bridgehead atoms. The smallest absolute Gasteiger partial charge is 0.0226 e. The topological polar surface area (TPSA) is 15.3 Å². The molecule has 1 aliphatic heterocycles. The Kier molecular flexibility index (Phi) is 4.02. The Morgan fingerprint density at radius 3 is 3.22 bits per heavy atom. The Balaban J connectivity index is 1.44. The maximum absolute atomic E-state index is 3.74. The summed E-state index contributed by atoms with van der Waals surface area (Å²) in [5.74, 6) is 1.95. The first-order chi connectivity index (χ1) is 8.83. The van der Waals surface area contributed by atoms with Crippen LogP contribution in [0.15, 0.2) is 17.5 Å². The molecule has 100 valence electrons. The molecule has 0 spiro atoms. The van der Waals surface area contributed by atoms with E-state index in [1.807, 2.05) is 11.3 Å². The standard InChI is InChI=1S/C15H24N2S/c1-17(8-7-13-5-3-9-18-13)11-15-14-6-2-4-12(14)10-16-15/h3,5,9,12,14-16H,2,4,6-8,10-11H2,1H3. The molecule has 1 aromatic rings. The number of nitrogens with one attached hydrogen (secondary N) is 1. The average molecular weight is 264 g/mol. The van der Waals surface area contributed by atoms with E-state index in [2.05, 4.69) is 34.8 Å². The fraction of sp³-hybridized carbons (Fsp3) is 0.733. The maximum Gasteiger partial charge on any atom is 0.0226 e. The van der Waals surface area contributed by atoms with Crippen molar-refractivity contribution in [2.45, 2.75) is 31.7 Å². The van der Waals surface area contributed by atoms with E-state index in [4.69, 9.17) is 0 Å². The van der Waals surface area contributed by atoms with Crippen molar-refractivity contribution in [2.75, 3.05) is 26.7 Å². The van der Waals surface area contributed by atoms with Gasteiger partial charge in [-0.05, 0) is 56.1 Å². The molecule has 2 heterocycles. The van der Waals surface area contributed by atoms with Gasteiger partial charge < -0.3 is 10.2 Å². The second-order valence-electron chi connectivity index (χ2n) is 5.96. The van der Waals surface area contributed by atoms with Crippen LogP contribution in [0, 0.1) is 11.8 Å². The van der Waals surface area contributed by atoms with Crippen LogP contribution in [0.25, 0.3) is 0 Å². The minimum absolute atomic E-state index is 0.755. The zero-order valence-electron chi connectivity index (χ0n) is 11.3. The van der Waals surface area contributed by atoms with Crippen LogP contribution in [0.5, 0.6) is 0 Å². The quantitative estimate of drug-likeness (QED) is 0.879. The molecule has 3 heteroatoms. The van der Waals surface area contributed by atoms with Crippen molar-refractivity contribution in [2.24, 2.45) is 11.8 Å². The van der Waals surface area contributed by atoms with Crippen molar-refractivity contribution in [1.29, 1.82) is 0 Å². The summed E-state index contributed by atoms with van der Waals surface area (Å²) in [6, 6.07) is 5.16. The number of likely N-dealkylation sites (N-methyl/N-ethyl adjacent to an activating group) is 1. The molecule has 1 aromatic heterocycles. The van der Waals surface area contributed by atoms with Gasteiger partial charge >= 0.3 is 0 Å². The second-order valence-corrected chi connectivity index (χ2v) is 6.99. The van der Waals surface area contributed by atoms with E-state index in [1.54, 1.807) is 0 Å². The summed E-state index contributed by atoms with van der Waals surface area (Å²) in [7, 11) is 2.28. The number of rotatable bonds is 5. The lowest BCUT2D eigenvalue weighted by Gasteiger charge is -2.25. The molecule has 3 rings (SSSR count). The molecule has 2 nitrogen and oxygen atoms in total. The lowest BCUT2D eigenvalue weighted by Crippen LogP contribution is -2.39. The van der Waals surface area contributed by atoms with E-state index in [0.29, 0.717) is 0 Å². The van der Waals surface area contributed by atoms with Gasteiger partial charge in [0.25, 0.3) is 0 Å². The molecule has 18 heavy (non-hydrogen) atoms. The van der Waals surface area contributed by atoms with Crippen LogP contribution in [0.4, 0.5) is 0 Å². The largest absolute Gasteiger partial charge is 0.312 e. The highest BCUT2D eigenvalue weighted by Gasteiger charge is 2.38. The zero-order valence-corrected chi connectivity index (χ0v) is 12.1. The molecule has 0 radical (unpaired) electrons. The summed E-state index contributed by atoms with van der Waals surface area (Å²) < 4.78 is 0. The third kappa shape index (κ3) is 2.79. The monoisotopic (exact) mass is 264 g/mol. The molecule has 1 N–H and O–H groups in total. The van der Waals surface area contributed by atoms with Gasteiger partial charge in [0, 0.05) is 24.0 Å². The lowest BCUT2D eigenvalue weighted by molar-refractivity contribution is 0.268. The van der Waals surface area contributed by atoms with Gasteiger partial charge in [0.05, 0.1) is 0 Å². The van der Waals surface area contributed by atoms with Crippen LogP contribution < -0.4 is 5.32 Å². The van der Waals surface area contributed by atoms with Crippen LogP contribution in [0.1, 0.15) is 24.1 Å². The summed E-state index contributed by atoms with van der Waals surface area (Å²) in [6.07, 6.45) is 5.59. The second kappa shape index (κ2) is 5.72. The van der Waals surface area contributed by atoms with Crippen LogP contribution in [0.2, 0.25) is 0 Å². The van der Waals surface area contributed by atoms with E-state index in [9.17, 15) is 0 Å². The van der Waals surface area contributed by atoms with E-state index in [-0.39, 0.29) is 0 Å². The summed E-state index contributed by atoms with van der Waals surface area (Å²) >= 11 is 1.88. The summed E-state index contributed by atoms with van der Waals surface area (Å²) in [5, 5.41) is 5.92. The molecule has 3 atom stereocenters. The number of hydrogen-bond acceptors (Lipinski definition) is 3. The van der Waals surface area contributed by atoms with Crippen molar-refractivity contribution >= 4 is 11.3 Å². The number of thiophene rings is 1. The molecular weight excluding hydrogens is 240 g/mol. The van der Waals surface area contributed by atoms with Crippen molar-refractivity contribution in [3.05, 3.63) is 22.4 Å². The van der Waals surface area contributed by atoms with Crippen molar-refractivity contribution in [3.63, 3.8) is 0 Å². The third-order valence-corrected chi connectivity index (χ3v) is 5.64. The first-order valence-corrected chi connectivity index (χ1v) is 8.15. The number of hydrogen-bond donors (Lipinski definition) is 1. The van der Waals surface area contributed by atoms with Crippen molar-refractivity contribution < 1.29 is 0 Å². The summed E-state index contributed by atoms with van der Waals surface area (Å²) in [6.45, 7) is 3.69. The minimum atomic E-state index is 0.755. The molecule has 2 fully saturated rings. The predicted molar refractivity (Wildman–Crippen MR) is 78.1 cm³/mol. The van der Waals surface area contributed by atoms with Crippen molar-refractivity contribution in [3.8, 4) is 0 Å². The minimum Gasteiger partial charge on any atom is -0.312 e. The zero-order chi connectivity index (χ0) is 12.4. The maximum atomic E-state index is 3.74. The Morgan fingerprint density at radius 1 is 1.44 bits per heavy atom. The molecule has 1 aliphatic carbocycles. The number of fused-ring (bicyclic) bond motifs is 1. The predicted octanol–water partition coefficient (Wildman–Crippen LogP) is 2.61. The Labute approximate surface area is 114 Å². The molecule has 0 aromatic carbocycles. The Hall–Kier alpha value is -0.380. The Morgan fingerprint density at radius 2 is 2.39 bits per heavy atom. The fourth-order valence-electron chi connectivity index (χ4n) is 3.69. The SMILES string of the molecule is CN(CCc1cccs1)CC1NCC2CCCC21. The highest BCUT2D eigenvalue weighted by atomic mass is 32.1. The van der Waals surface area contributed by atoms with Gasteiger partial charge in [0.1, 0.15) is 0 Å². The van der Waals surface area contributed by atoms with E-state index >= 15 is 0 Å². The molecule has 3 unspecified atom stereocenters. The molecule has 2 aliphatic rings. The van der Waals surface area contributed by atoms with Gasteiger partial charge in [-0.15, -0.1) is 11.3 Å². The first-order valence-electron chi connectivity index (χ1n) is 7.27. The third-order valence-electron chi connectivity index (χ3n) is 4.71. The summed E-state index contributed by atoms with van der Waals surface area (Å²) in [4.78, 5) is 4.03. The highest BCUT2D eigenvalue weighted by Crippen LogP contribution is 2.37. The van der Waals surface area contributed by atoms with Gasteiger partial charge in [-0.2, -0.15) is 0 Å². The van der Waals surface area contributed by atoms with E-state index in [0.717, 1.165) is 17.9 Å². The van der Waals surface area contributed by atoms with Crippen LogP contribution in [0.3, 0.4) is 0 Å². The lowest BCUT2D eigenvalue weighted by atomic mass is 9.94. The van der Waals surface area contributed by atoms with Crippen molar-refractivity contribution in [1.82, 2.24) is 10.2 Å². The average Bonchev–Trinajstić information content (AvgIpc) is 3.05. The number of nitrogens with zero attached hydrogens (tertiary/aromatic N) is 1. The molecule has 1 saturated carbocycles.